The number of hydrogen-bond donors (Lipinski definition) is 1. The van der Waals surface area contributed by atoms with E-state index in [0.29, 0.717) is 6.04 Å². The molecule has 0 amide bonds. The van der Waals surface area contributed by atoms with Crippen molar-refractivity contribution >= 4 is 15.9 Å². The fourth-order valence-electron chi connectivity index (χ4n) is 2.09. The summed E-state index contributed by atoms with van der Waals surface area (Å²) >= 11 is 3.50. The standard InChI is InChI=1S/C17H20BrNO/c1-4-19-13(3)14-6-5-7-15(11-14)20-16-8-9-17(18)12(2)10-16/h5-11,13,19H,4H2,1-3H3. The van der Waals surface area contributed by atoms with Gasteiger partial charge < -0.3 is 10.1 Å². The number of halogens is 1. The first kappa shape index (κ1) is 15.1. The van der Waals surface area contributed by atoms with Crippen molar-refractivity contribution in [1.82, 2.24) is 5.32 Å². The molecule has 1 atom stereocenters. The lowest BCUT2D eigenvalue weighted by Crippen LogP contribution is -2.17. The van der Waals surface area contributed by atoms with Gasteiger partial charge in [0.15, 0.2) is 0 Å². The quantitative estimate of drug-likeness (QED) is 0.809. The molecular formula is C17H20BrNO. The molecular weight excluding hydrogens is 314 g/mol. The molecule has 1 unspecified atom stereocenters. The van der Waals surface area contributed by atoms with Gasteiger partial charge in [-0.1, -0.05) is 35.0 Å². The third-order valence-corrected chi connectivity index (χ3v) is 4.12. The average Bonchev–Trinajstić information content (AvgIpc) is 2.43. The molecule has 0 bridgehead atoms. The molecule has 0 saturated heterocycles. The van der Waals surface area contributed by atoms with E-state index >= 15 is 0 Å². The second-order valence-electron chi connectivity index (χ2n) is 4.86. The van der Waals surface area contributed by atoms with E-state index < -0.39 is 0 Å². The van der Waals surface area contributed by atoms with Gasteiger partial charge in [0.25, 0.3) is 0 Å². The summed E-state index contributed by atoms with van der Waals surface area (Å²) in [4.78, 5) is 0. The third-order valence-electron chi connectivity index (χ3n) is 3.23. The molecule has 0 aliphatic heterocycles. The van der Waals surface area contributed by atoms with Gasteiger partial charge in [-0.2, -0.15) is 0 Å². The molecule has 2 aromatic carbocycles. The van der Waals surface area contributed by atoms with Crippen LogP contribution in [0.3, 0.4) is 0 Å². The molecule has 3 heteroatoms. The molecule has 0 heterocycles. The van der Waals surface area contributed by atoms with Crippen molar-refractivity contribution in [3.05, 3.63) is 58.1 Å². The fourth-order valence-corrected chi connectivity index (χ4v) is 2.33. The maximum atomic E-state index is 5.93. The number of rotatable bonds is 5. The molecule has 20 heavy (non-hydrogen) atoms. The summed E-state index contributed by atoms with van der Waals surface area (Å²) in [5.74, 6) is 1.73. The first-order valence-electron chi connectivity index (χ1n) is 6.87. The van der Waals surface area contributed by atoms with E-state index in [1.54, 1.807) is 0 Å². The largest absolute Gasteiger partial charge is 0.457 e. The summed E-state index contributed by atoms with van der Waals surface area (Å²) in [6.45, 7) is 7.28. The Hall–Kier alpha value is -1.32. The average molecular weight is 334 g/mol. The number of hydrogen-bond acceptors (Lipinski definition) is 2. The van der Waals surface area contributed by atoms with Gasteiger partial charge in [0.1, 0.15) is 11.5 Å². The van der Waals surface area contributed by atoms with Crippen LogP contribution in [0, 0.1) is 6.92 Å². The first-order valence-corrected chi connectivity index (χ1v) is 7.66. The van der Waals surface area contributed by atoms with Crippen LogP contribution >= 0.6 is 15.9 Å². The van der Waals surface area contributed by atoms with Crippen LogP contribution in [-0.4, -0.2) is 6.54 Å². The van der Waals surface area contributed by atoms with Crippen molar-refractivity contribution in [2.75, 3.05) is 6.54 Å². The lowest BCUT2D eigenvalue weighted by molar-refractivity contribution is 0.479. The Kier molecular flexibility index (Phi) is 5.21. The van der Waals surface area contributed by atoms with E-state index in [1.807, 2.05) is 30.3 Å². The van der Waals surface area contributed by atoms with Crippen LogP contribution in [0.4, 0.5) is 0 Å². The normalized spacial score (nSPS) is 12.2. The summed E-state index contributed by atoms with van der Waals surface area (Å²) in [5.41, 5.74) is 2.40. The highest BCUT2D eigenvalue weighted by Gasteiger charge is 2.06. The van der Waals surface area contributed by atoms with Crippen LogP contribution in [0.1, 0.15) is 31.0 Å². The predicted molar refractivity (Wildman–Crippen MR) is 87.5 cm³/mol. The summed E-state index contributed by atoms with van der Waals surface area (Å²) in [7, 11) is 0. The van der Waals surface area contributed by atoms with Crippen LogP contribution in [-0.2, 0) is 0 Å². The zero-order valence-electron chi connectivity index (χ0n) is 12.1. The highest BCUT2D eigenvalue weighted by molar-refractivity contribution is 9.10. The SMILES string of the molecule is CCNC(C)c1cccc(Oc2ccc(Br)c(C)c2)c1. The number of ether oxygens (including phenoxy) is 1. The van der Waals surface area contributed by atoms with Crippen LogP contribution in [0.2, 0.25) is 0 Å². The van der Waals surface area contributed by atoms with E-state index in [-0.39, 0.29) is 0 Å². The van der Waals surface area contributed by atoms with Gasteiger partial charge in [-0.05, 0) is 61.9 Å². The second-order valence-corrected chi connectivity index (χ2v) is 5.72. The maximum Gasteiger partial charge on any atom is 0.127 e. The van der Waals surface area contributed by atoms with Crippen molar-refractivity contribution in [1.29, 1.82) is 0 Å². The lowest BCUT2D eigenvalue weighted by atomic mass is 10.1. The minimum absolute atomic E-state index is 0.329. The Morgan fingerprint density at radius 2 is 1.90 bits per heavy atom. The molecule has 106 valence electrons. The van der Waals surface area contributed by atoms with Crippen LogP contribution < -0.4 is 10.1 Å². The van der Waals surface area contributed by atoms with Crippen LogP contribution in [0.15, 0.2) is 46.9 Å². The Morgan fingerprint density at radius 1 is 1.15 bits per heavy atom. The Labute approximate surface area is 129 Å². The summed E-state index contributed by atoms with van der Waals surface area (Å²) in [5, 5.41) is 3.41. The summed E-state index contributed by atoms with van der Waals surface area (Å²) in [6.07, 6.45) is 0. The molecule has 2 nitrogen and oxygen atoms in total. The minimum Gasteiger partial charge on any atom is -0.457 e. The maximum absolute atomic E-state index is 5.93. The summed E-state index contributed by atoms with van der Waals surface area (Å²) in [6, 6.07) is 14.6. The molecule has 1 N–H and O–H groups in total. The van der Waals surface area contributed by atoms with E-state index in [0.717, 1.165) is 22.5 Å². The van der Waals surface area contributed by atoms with Crippen molar-refractivity contribution in [2.24, 2.45) is 0 Å². The predicted octanol–water partition coefficient (Wildman–Crippen LogP) is 5.22. The van der Waals surface area contributed by atoms with Crippen LogP contribution in [0.5, 0.6) is 11.5 Å². The molecule has 2 rings (SSSR count). The molecule has 0 fully saturated rings. The zero-order chi connectivity index (χ0) is 14.5. The van der Waals surface area contributed by atoms with Gasteiger partial charge in [0, 0.05) is 10.5 Å². The van der Waals surface area contributed by atoms with Gasteiger partial charge in [-0.25, -0.2) is 0 Å². The van der Waals surface area contributed by atoms with Gasteiger partial charge in [-0.15, -0.1) is 0 Å². The molecule has 0 saturated carbocycles. The molecule has 2 aromatic rings. The van der Waals surface area contributed by atoms with E-state index in [1.165, 1.54) is 11.1 Å². The third kappa shape index (κ3) is 3.84. The first-order chi connectivity index (χ1) is 9.60. The number of aryl methyl sites for hydroxylation is 1. The van der Waals surface area contributed by atoms with Crippen LogP contribution in [0.25, 0.3) is 0 Å². The van der Waals surface area contributed by atoms with Gasteiger partial charge >= 0.3 is 0 Å². The van der Waals surface area contributed by atoms with Gasteiger partial charge in [0.05, 0.1) is 0 Å². The molecule has 0 aromatic heterocycles. The molecule has 0 aliphatic carbocycles. The highest BCUT2D eigenvalue weighted by atomic mass is 79.9. The number of benzene rings is 2. The second kappa shape index (κ2) is 6.91. The minimum atomic E-state index is 0.329. The lowest BCUT2D eigenvalue weighted by Gasteiger charge is -2.14. The van der Waals surface area contributed by atoms with Gasteiger partial charge in [-0.3, -0.25) is 0 Å². The van der Waals surface area contributed by atoms with Crippen molar-refractivity contribution in [2.45, 2.75) is 26.8 Å². The Balaban J connectivity index is 2.16. The van der Waals surface area contributed by atoms with E-state index in [4.69, 9.17) is 4.74 Å². The zero-order valence-corrected chi connectivity index (χ0v) is 13.7. The van der Waals surface area contributed by atoms with E-state index in [9.17, 15) is 0 Å². The summed E-state index contributed by atoms with van der Waals surface area (Å²) < 4.78 is 7.03. The molecule has 0 radical (unpaired) electrons. The highest BCUT2D eigenvalue weighted by Crippen LogP contribution is 2.27. The van der Waals surface area contributed by atoms with Crippen molar-refractivity contribution in [3.63, 3.8) is 0 Å². The number of nitrogens with one attached hydrogen (secondary N) is 1. The van der Waals surface area contributed by atoms with Gasteiger partial charge in [0.2, 0.25) is 0 Å². The van der Waals surface area contributed by atoms with Crippen molar-refractivity contribution < 1.29 is 4.74 Å². The fraction of sp³-hybridized carbons (Fsp3) is 0.294. The Bertz CT molecular complexity index is 583. The van der Waals surface area contributed by atoms with E-state index in [2.05, 4.69) is 54.2 Å². The molecule has 0 spiro atoms. The Morgan fingerprint density at radius 3 is 2.60 bits per heavy atom. The monoisotopic (exact) mass is 333 g/mol. The van der Waals surface area contributed by atoms with Crippen molar-refractivity contribution in [3.8, 4) is 11.5 Å². The molecule has 0 aliphatic rings. The topological polar surface area (TPSA) is 21.3 Å². The smallest absolute Gasteiger partial charge is 0.127 e.